The molecule has 0 spiro atoms. The van der Waals surface area contributed by atoms with E-state index in [2.05, 4.69) is 5.16 Å². The lowest BCUT2D eigenvalue weighted by Crippen LogP contribution is -2.04. The molecule has 1 rings (SSSR count). The molecule has 0 aliphatic carbocycles. The molecule has 0 amide bonds. The van der Waals surface area contributed by atoms with E-state index in [9.17, 15) is 4.79 Å². The van der Waals surface area contributed by atoms with Crippen molar-refractivity contribution in [2.24, 2.45) is 5.92 Å². The number of aromatic carboxylic acids is 1. The monoisotopic (exact) mass is 183 g/mol. The summed E-state index contributed by atoms with van der Waals surface area (Å²) in [4.78, 5) is 10.8. The van der Waals surface area contributed by atoms with E-state index in [1.165, 1.54) is 0 Å². The maximum Gasteiger partial charge on any atom is 0.341 e. The maximum absolute atomic E-state index is 10.8. The fourth-order valence-electron chi connectivity index (χ4n) is 1.22. The highest BCUT2D eigenvalue weighted by Gasteiger charge is 2.19. The Morgan fingerprint density at radius 3 is 2.69 bits per heavy atom. The second-order valence-corrected chi connectivity index (χ2v) is 3.46. The SMILES string of the molecule is Cc1onc(CC(C)C)c1C(=O)O. The Labute approximate surface area is 76.5 Å². The molecule has 0 atom stereocenters. The zero-order valence-electron chi connectivity index (χ0n) is 8.00. The normalized spacial score (nSPS) is 10.8. The van der Waals surface area contributed by atoms with Crippen molar-refractivity contribution in [2.45, 2.75) is 27.2 Å². The van der Waals surface area contributed by atoms with Gasteiger partial charge in [0.2, 0.25) is 0 Å². The fourth-order valence-corrected chi connectivity index (χ4v) is 1.22. The molecule has 0 aliphatic rings. The lowest BCUT2D eigenvalue weighted by atomic mass is 10.0. The van der Waals surface area contributed by atoms with Gasteiger partial charge in [0.25, 0.3) is 0 Å². The van der Waals surface area contributed by atoms with Crippen LogP contribution in [0, 0.1) is 12.8 Å². The minimum Gasteiger partial charge on any atom is -0.477 e. The second-order valence-electron chi connectivity index (χ2n) is 3.46. The van der Waals surface area contributed by atoms with Gasteiger partial charge in [-0.05, 0) is 19.3 Å². The van der Waals surface area contributed by atoms with E-state index in [1.807, 2.05) is 13.8 Å². The molecule has 1 aromatic rings. The zero-order valence-corrected chi connectivity index (χ0v) is 8.00. The van der Waals surface area contributed by atoms with Crippen molar-refractivity contribution >= 4 is 5.97 Å². The van der Waals surface area contributed by atoms with Crippen LogP contribution in [-0.4, -0.2) is 16.2 Å². The highest BCUT2D eigenvalue weighted by molar-refractivity contribution is 5.89. The Kier molecular flexibility index (Phi) is 2.70. The molecule has 4 nitrogen and oxygen atoms in total. The van der Waals surface area contributed by atoms with Gasteiger partial charge < -0.3 is 9.63 Å². The van der Waals surface area contributed by atoms with E-state index in [0.717, 1.165) is 0 Å². The van der Waals surface area contributed by atoms with Crippen LogP contribution in [-0.2, 0) is 6.42 Å². The zero-order chi connectivity index (χ0) is 10.0. The Morgan fingerprint density at radius 1 is 1.62 bits per heavy atom. The first-order chi connectivity index (χ1) is 6.02. The van der Waals surface area contributed by atoms with Gasteiger partial charge in [0.15, 0.2) is 0 Å². The third-order valence-corrected chi connectivity index (χ3v) is 1.75. The van der Waals surface area contributed by atoms with Crippen molar-refractivity contribution in [3.8, 4) is 0 Å². The van der Waals surface area contributed by atoms with Gasteiger partial charge in [0.1, 0.15) is 11.3 Å². The standard InChI is InChI=1S/C9H13NO3/c1-5(2)4-7-8(9(11)12)6(3)13-10-7/h5H,4H2,1-3H3,(H,11,12). The van der Waals surface area contributed by atoms with Gasteiger partial charge >= 0.3 is 5.97 Å². The largest absolute Gasteiger partial charge is 0.477 e. The van der Waals surface area contributed by atoms with Gasteiger partial charge in [0, 0.05) is 0 Å². The minimum absolute atomic E-state index is 0.216. The fraction of sp³-hybridized carbons (Fsp3) is 0.556. The third-order valence-electron chi connectivity index (χ3n) is 1.75. The summed E-state index contributed by atoms with van der Waals surface area (Å²) in [6.45, 7) is 5.63. The van der Waals surface area contributed by atoms with Gasteiger partial charge in [-0.3, -0.25) is 0 Å². The molecule has 0 radical (unpaired) electrons. The second kappa shape index (κ2) is 3.60. The number of aryl methyl sites for hydroxylation is 1. The average molecular weight is 183 g/mol. The Hall–Kier alpha value is -1.32. The summed E-state index contributed by atoms with van der Waals surface area (Å²) in [5.41, 5.74) is 0.758. The van der Waals surface area contributed by atoms with E-state index in [1.54, 1.807) is 6.92 Å². The third kappa shape index (κ3) is 2.08. The molecule has 4 heteroatoms. The number of carboxylic acids is 1. The lowest BCUT2D eigenvalue weighted by Gasteiger charge is -2.00. The van der Waals surface area contributed by atoms with E-state index in [0.29, 0.717) is 23.8 Å². The summed E-state index contributed by atoms with van der Waals surface area (Å²) in [5, 5.41) is 12.6. The van der Waals surface area contributed by atoms with Gasteiger partial charge in [-0.15, -0.1) is 0 Å². The van der Waals surface area contributed by atoms with Gasteiger partial charge in [-0.25, -0.2) is 4.79 Å². The minimum atomic E-state index is -0.964. The number of aromatic nitrogens is 1. The number of hydrogen-bond donors (Lipinski definition) is 1. The predicted octanol–water partition coefficient (Wildman–Crippen LogP) is 1.88. The first kappa shape index (κ1) is 9.77. The topological polar surface area (TPSA) is 63.3 Å². The van der Waals surface area contributed by atoms with Crippen LogP contribution in [0.3, 0.4) is 0 Å². The van der Waals surface area contributed by atoms with Crippen LogP contribution in [0.4, 0.5) is 0 Å². The lowest BCUT2D eigenvalue weighted by molar-refractivity contribution is 0.0694. The van der Waals surface area contributed by atoms with Crippen molar-refractivity contribution in [1.82, 2.24) is 5.16 Å². The Balaban J connectivity index is 3.00. The van der Waals surface area contributed by atoms with Gasteiger partial charge in [-0.2, -0.15) is 0 Å². The molecule has 0 unspecified atom stereocenters. The Bertz CT molecular complexity index is 315. The van der Waals surface area contributed by atoms with E-state index in [-0.39, 0.29) is 5.56 Å². The van der Waals surface area contributed by atoms with Crippen LogP contribution < -0.4 is 0 Å². The quantitative estimate of drug-likeness (QED) is 0.777. The smallest absolute Gasteiger partial charge is 0.341 e. The summed E-state index contributed by atoms with van der Waals surface area (Å²) in [6, 6.07) is 0. The molecular formula is C9H13NO3. The summed E-state index contributed by atoms with van der Waals surface area (Å²) >= 11 is 0. The predicted molar refractivity (Wildman–Crippen MR) is 46.7 cm³/mol. The van der Waals surface area contributed by atoms with Crippen molar-refractivity contribution in [1.29, 1.82) is 0 Å². The number of hydrogen-bond acceptors (Lipinski definition) is 3. The highest BCUT2D eigenvalue weighted by atomic mass is 16.5. The maximum atomic E-state index is 10.8. The number of rotatable bonds is 3. The molecule has 1 aromatic heterocycles. The summed E-state index contributed by atoms with van der Waals surface area (Å²) < 4.78 is 4.83. The molecule has 1 heterocycles. The van der Waals surface area contributed by atoms with Crippen LogP contribution in [0.1, 0.15) is 35.7 Å². The van der Waals surface area contributed by atoms with Crippen LogP contribution in [0.2, 0.25) is 0 Å². The van der Waals surface area contributed by atoms with Crippen LogP contribution >= 0.6 is 0 Å². The van der Waals surface area contributed by atoms with Crippen molar-refractivity contribution < 1.29 is 14.4 Å². The first-order valence-corrected chi connectivity index (χ1v) is 4.20. The Morgan fingerprint density at radius 2 is 2.23 bits per heavy atom. The summed E-state index contributed by atoms with van der Waals surface area (Å²) in [6.07, 6.45) is 0.638. The molecule has 0 aliphatic heterocycles. The van der Waals surface area contributed by atoms with Gasteiger partial charge in [0.05, 0.1) is 5.69 Å². The molecule has 0 aromatic carbocycles. The van der Waals surface area contributed by atoms with Crippen LogP contribution in [0.15, 0.2) is 4.52 Å². The average Bonchev–Trinajstić information content (AvgIpc) is 2.30. The van der Waals surface area contributed by atoms with Crippen LogP contribution in [0.5, 0.6) is 0 Å². The molecule has 72 valence electrons. The van der Waals surface area contributed by atoms with Crippen molar-refractivity contribution in [3.05, 3.63) is 17.0 Å². The highest BCUT2D eigenvalue weighted by Crippen LogP contribution is 2.16. The number of carbonyl (C=O) groups is 1. The number of nitrogens with zero attached hydrogens (tertiary/aromatic N) is 1. The van der Waals surface area contributed by atoms with E-state index < -0.39 is 5.97 Å². The summed E-state index contributed by atoms with van der Waals surface area (Å²) in [5.74, 6) is -0.208. The molecule has 0 saturated heterocycles. The van der Waals surface area contributed by atoms with Gasteiger partial charge in [-0.1, -0.05) is 19.0 Å². The molecule has 13 heavy (non-hydrogen) atoms. The molecular weight excluding hydrogens is 170 g/mol. The first-order valence-electron chi connectivity index (χ1n) is 4.20. The van der Waals surface area contributed by atoms with Crippen molar-refractivity contribution in [3.63, 3.8) is 0 Å². The molecule has 0 bridgehead atoms. The van der Waals surface area contributed by atoms with E-state index in [4.69, 9.17) is 9.63 Å². The van der Waals surface area contributed by atoms with Crippen LogP contribution in [0.25, 0.3) is 0 Å². The summed E-state index contributed by atoms with van der Waals surface area (Å²) in [7, 11) is 0. The molecule has 0 saturated carbocycles. The molecule has 0 fully saturated rings. The van der Waals surface area contributed by atoms with E-state index >= 15 is 0 Å². The molecule has 1 N–H and O–H groups in total. The van der Waals surface area contributed by atoms with Crippen molar-refractivity contribution in [2.75, 3.05) is 0 Å². The number of carboxylic acid groups (broad SMARTS) is 1.